The molecule has 5 heteroatoms. The number of nitrogens with zero attached hydrogens (tertiary/aromatic N) is 2. The number of piperidine rings is 1. The normalized spacial score (nSPS) is 13.7. The smallest absolute Gasteiger partial charge is 0.227 e. The predicted molar refractivity (Wildman–Crippen MR) is 99.8 cm³/mol. The van der Waals surface area contributed by atoms with Crippen molar-refractivity contribution in [1.82, 2.24) is 9.88 Å². The number of hydrogen-bond acceptors (Lipinski definition) is 2. The minimum atomic E-state index is -0.664. The van der Waals surface area contributed by atoms with Gasteiger partial charge in [0, 0.05) is 24.8 Å². The first-order valence-electron chi connectivity index (χ1n) is 8.85. The molecule has 1 saturated heterocycles. The zero-order valence-corrected chi connectivity index (χ0v) is 15.1. The zero-order chi connectivity index (χ0) is 19.2. The molecule has 1 fully saturated rings. The third-order valence-electron chi connectivity index (χ3n) is 4.40. The van der Waals surface area contributed by atoms with Gasteiger partial charge in [0.25, 0.3) is 0 Å². The first-order chi connectivity index (χ1) is 13.0. The lowest BCUT2D eigenvalue weighted by Gasteiger charge is -2.28. The number of carbonyl (C=O) groups is 1. The minimum Gasteiger partial charge on any atom is -0.342 e. The van der Waals surface area contributed by atoms with Gasteiger partial charge < -0.3 is 4.90 Å². The van der Waals surface area contributed by atoms with Gasteiger partial charge in [0.2, 0.25) is 5.91 Å². The Morgan fingerprint density at radius 3 is 2.56 bits per heavy atom. The number of aryl methyl sites for hydroxylation is 1. The van der Waals surface area contributed by atoms with Gasteiger partial charge in [-0.05, 0) is 61.6 Å². The summed E-state index contributed by atoms with van der Waals surface area (Å²) in [4.78, 5) is 18.4. The highest BCUT2D eigenvalue weighted by molar-refractivity contribution is 5.79. The molecule has 1 amide bonds. The number of halogens is 2. The van der Waals surface area contributed by atoms with Crippen LogP contribution in [0.3, 0.4) is 0 Å². The van der Waals surface area contributed by atoms with Gasteiger partial charge in [0.1, 0.15) is 17.3 Å². The van der Waals surface area contributed by atoms with Crippen molar-refractivity contribution in [3.8, 4) is 11.8 Å². The third kappa shape index (κ3) is 5.49. The van der Waals surface area contributed by atoms with Crippen molar-refractivity contribution in [2.75, 3.05) is 13.1 Å². The van der Waals surface area contributed by atoms with Crippen molar-refractivity contribution in [2.45, 2.75) is 26.2 Å². The Labute approximate surface area is 157 Å². The van der Waals surface area contributed by atoms with Crippen LogP contribution in [-0.2, 0) is 11.2 Å². The monoisotopic (exact) mass is 366 g/mol. The Bertz CT molecular complexity index is 911. The van der Waals surface area contributed by atoms with Crippen LogP contribution in [0.1, 0.15) is 29.8 Å². The molecule has 2 heterocycles. The van der Waals surface area contributed by atoms with Crippen LogP contribution in [0.25, 0.3) is 0 Å². The van der Waals surface area contributed by atoms with Crippen LogP contribution in [0.15, 0.2) is 48.0 Å². The van der Waals surface area contributed by atoms with E-state index in [4.69, 9.17) is 0 Å². The maximum atomic E-state index is 13.2. The molecule has 1 aliphatic heterocycles. The lowest BCUT2D eigenvalue weighted by atomic mass is 10.0. The molecule has 2 aromatic rings. The maximum absolute atomic E-state index is 13.2. The number of hydrogen-bond donors (Lipinski definition) is 0. The summed E-state index contributed by atoms with van der Waals surface area (Å²) in [5, 5.41) is 0. The van der Waals surface area contributed by atoms with Crippen molar-refractivity contribution in [3.63, 3.8) is 0 Å². The molecule has 3 rings (SSSR count). The Kier molecular flexibility index (Phi) is 5.97. The molecular formula is C22H20F2N2O. The molecule has 1 aliphatic rings. The second kappa shape index (κ2) is 8.59. The topological polar surface area (TPSA) is 33.2 Å². The standard InChI is InChI=1S/C22H20F2N2O/c1-16-4-2-6-21(25-16)7-3-5-17-8-10-26(11-9-17)22(27)14-18-12-19(23)15-20(24)13-18/h2,4-6,12-13,15H,8-11,14H2,1H3. The van der Waals surface area contributed by atoms with E-state index in [0.29, 0.717) is 18.7 Å². The van der Waals surface area contributed by atoms with Crippen molar-refractivity contribution in [2.24, 2.45) is 0 Å². The Morgan fingerprint density at radius 2 is 1.89 bits per heavy atom. The summed E-state index contributed by atoms with van der Waals surface area (Å²) in [5.41, 5.74) is 3.22. The predicted octanol–water partition coefficient (Wildman–Crippen LogP) is 3.81. The molecular weight excluding hydrogens is 346 g/mol. The molecule has 0 N–H and O–H groups in total. The number of allylic oxidation sites excluding steroid dienone is 1. The average molecular weight is 366 g/mol. The van der Waals surface area contributed by atoms with E-state index >= 15 is 0 Å². The van der Waals surface area contributed by atoms with E-state index in [1.165, 1.54) is 17.7 Å². The molecule has 1 aromatic heterocycles. The van der Waals surface area contributed by atoms with Gasteiger partial charge in [-0.1, -0.05) is 17.6 Å². The fourth-order valence-corrected chi connectivity index (χ4v) is 3.01. The number of aromatic nitrogens is 1. The Balaban J connectivity index is 1.54. The molecule has 0 atom stereocenters. The molecule has 138 valence electrons. The Morgan fingerprint density at radius 1 is 1.19 bits per heavy atom. The summed E-state index contributed by atoms with van der Waals surface area (Å²) in [6.07, 6.45) is 3.40. The van der Waals surface area contributed by atoms with Gasteiger partial charge in [0.15, 0.2) is 0 Å². The second-order valence-electron chi connectivity index (χ2n) is 6.57. The van der Waals surface area contributed by atoms with Crippen molar-refractivity contribution in [1.29, 1.82) is 0 Å². The molecule has 0 aliphatic carbocycles. The highest BCUT2D eigenvalue weighted by Gasteiger charge is 2.19. The SMILES string of the molecule is Cc1cccc(C#CC=C2CCN(C(=O)Cc3cc(F)cc(F)c3)CC2)n1. The summed E-state index contributed by atoms with van der Waals surface area (Å²) in [5.74, 6) is 4.61. The molecule has 1 aromatic carbocycles. The van der Waals surface area contributed by atoms with E-state index in [9.17, 15) is 13.6 Å². The fraction of sp³-hybridized carbons (Fsp3) is 0.273. The fourth-order valence-electron chi connectivity index (χ4n) is 3.01. The highest BCUT2D eigenvalue weighted by atomic mass is 19.1. The van der Waals surface area contributed by atoms with Gasteiger partial charge >= 0.3 is 0 Å². The minimum absolute atomic E-state index is 0.00651. The van der Waals surface area contributed by atoms with Crippen LogP contribution >= 0.6 is 0 Å². The first-order valence-corrected chi connectivity index (χ1v) is 8.85. The molecule has 27 heavy (non-hydrogen) atoms. The van der Waals surface area contributed by atoms with Crippen molar-refractivity contribution >= 4 is 5.91 Å². The number of pyridine rings is 1. The van der Waals surface area contributed by atoms with Crippen LogP contribution < -0.4 is 0 Å². The molecule has 0 spiro atoms. The lowest BCUT2D eigenvalue weighted by Crippen LogP contribution is -2.37. The van der Waals surface area contributed by atoms with Gasteiger partial charge in [0.05, 0.1) is 6.42 Å². The number of benzene rings is 1. The largest absolute Gasteiger partial charge is 0.342 e. The second-order valence-corrected chi connectivity index (χ2v) is 6.57. The van der Waals surface area contributed by atoms with Gasteiger partial charge in [-0.2, -0.15) is 0 Å². The summed E-state index contributed by atoms with van der Waals surface area (Å²) in [7, 11) is 0. The molecule has 3 nitrogen and oxygen atoms in total. The van der Waals surface area contributed by atoms with E-state index in [1.54, 1.807) is 4.90 Å². The lowest BCUT2D eigenvalue weighted by molar-refractivity contribution is -0.130. The van der Waals surface area contributed by atoms with Crippen LogP contribution in [0.4, 0.5) is 8.78 Å². The van der Waals surface area contributed by atoms with Crippen molar-refractivity contribution < 1.29 is 13.6 Å². The van der Waals surface area contributed by atoms with Crippen LogP contribution in [0.5, 0.6) is 0 Å². The van der Waals surface area contributed by atoms with E-state index in [0.717, 1.165) is 30.3 Å². The van der Waals surface area contributed by atoms with Crippen LogP contribution in [0, 0.1) is 30.4 Å². The quantitative estimate of drug-likeness (QED) is 0.758. The van der Waals surface area contributed by atoms with Crippen molar-refractivity contribution in [3.05, 3.63) is 76.6 Å². The number of carbonyl (C=O) groups excluding carboxylic acids is 1. The number of rotatable bonds is 2. The highest BCUT2D eigenvalue weighted by Crippen LogP contribution is 2.17. The summed E-state index contributed by atoms with van der Waals surface area (Å²) in [6.45, 7) is 3.11. The van der Waals surface area contributed by atoms with Gasteiger partial charge in [-0.3, -0.25) is 4.79 Å². The number of amides is 1. The summed E-state index contributed by atoms with van der Waals surface area (Å²) in [6, 6.07) is 8.92. The maximum Gasteiger partial charge on any atom is 0.227 e. The zero-order valence-electron chi connectivity index (χ0n) is 15.1. The molecule has 0 unspecified atom stereocenters. The first kappa shape index (κ1) is 18.8. The summed E-state index contributed by atoms with van der Waals surface area (Å²) < 4.78 is 26.5. The molecule has 0 saturated carbocycles. The van der Waals surface area contributed by atoms with E-state index in [1.807, 2.05) is 31.2 Å². The Hall–Kier alpha value is -3.00. The van der Waals surface area contributed by atoms with E-state index in [-0.39, 0.29) is 12.3 Å². The summed E-state index contributed by atoms with van der Waals surface area (Å²) >= 11 is 0. The molecule has 0 bridgehead atoms. The molecule has 0 radical (unpaired) electrons. The number of likely N-dealkylation sites (tertiary alicyclic amines) is 1. The van der Waals surface area contributed by atoms with Gasteiger partial charge in [-0.25, -0.2) is 13.8 Å². The van der Waals surface area contributed by atoms with E-state index in [2.05, 4.69) is 16.8 Å². The average Bonchev–Trinajstić information content (AvgIpc) is 2.61. The third-order valence-corrected chi connectivity index (χ3v) is 4.40. The van der Waals surface area contributed by atoms with Crippen LogP contribution in [0.2, 0.25) is 0 Å². The van der Waals surface area contributed by atoms with Crippen LogP contribution in [-0.4, -0.2) is 28.9 Å². The van der Waals surface area contributed by atoms with E-state index < -0.39 is 11.6 Å². The van der Waals surface area contributed by atoms with Gasteiger partial charge in [-0.15, -0.1) is 0 Å².